The summed E-state index contributed by atoms with van der Waals surface area (Å²) >= 11 is 0. The average Bonchev–Trinajstić information content (AvgIpc) is 3.05. The van der Waals surface area contributed by atoms with Crippen LogP contribution in [0, 0.1) is 10.8 Å². The molecule has 0 unspecified atom stereocenters. The minimum atomic E-state index is 0. The van der Waals surface area contributed by atoms with Gasteiger partial charge >= 0.3 is 0 Å². The summed E-state index contributed by atoms with van der Waals surface area (Å²) in [5.74, 6) is 1.42. The Bertz CT molecular complexity index is 833. The third kappa shape index (κ3) is 4.41. The number of nitrogens with one attached hydrogen (secondary N) is 2. The summed E-state index contributed by atoms with van der Waals surface area (Å²) in [5, 5.41) is 15.0. The zero-order valence-electron chi connectivity index (χ0n) is 13.2. The lowest BCUT2D eigenvalue weighted by molar-refractivity contribution is 0.597. The molecule has 1 heterocycles. The van der Waals surface area contributed by atoms with Crippen LogP contribution in [0.5, 0.6) is 0 Å². The normalized spacial score (nSPS) is 9.60. The van der Waals surface area contributed by atoms with Gasteiger partial charge in [0, 0.05) is 22.3 Å². The first-order valence-corrected chi connectivity index (χ1v) is 7.04. The number of nitrogen functional groups attached to an aromatic ring is 2. The molecule has 0 saturated heterocycles. The minimum absolute atomic E-state index is 0. The lowest BCUT2D eigenvalue weighted by Crippen LogP contribution is -2.10. The maximum Gasteiger partial charge on any atom is 0.134 e. The molecule has 0 aliphatic rings. The Hall–Kier alpha value is -2.76. The number of hydrogen-bond donors (Lipinski definition) is 4. The number of hydrogen-bond acceptors (Lipinski definition) is 3. The van der Waals surface area contributed by atoms with Crippen LogP contribution in [0.1, 0.15) is 11.1 Å². The Morgan fingerprint density at radius 2 is 1.08 bits per heavy atom. The Balaban J connectivity index is 0.00000156. The van der Waals surface area contributed by atoms with Crippen LogP contribution in [0.2, 0.25) is 0 Å². The maximum absolute atomic E-state index is 7.51. The van der Waals surface area contributed by atoms with Crippen LogP contribution in [0.15, 0.2) is 65.1 Å². The van der Waals surface area contributed by atoms with Crippen molar-refractivity contribution >= 4 is 36.5 Å². The van der Waals surface area contributed by atoms with Gasteiger partial charge in [0.05, 0.1) is 0 Å². The van der Waals surface area contributed by atoms with Gasteiger partial charge in [-0.1, -0.05) is 36.4 Å². The van der Waals surface area contributed by atoms with Gasteiger partial charge in [0.2, 0.25) is 0 Å². The fourth-order valence-corrected chi connectivity index (χ4v) is 2.33. The van der Waals surface area contributed by atoms with E-state index in [4.69, 9.17) is 26.7 Å². The summed E-state index contributed by atoms with van der Waals surface area (Å²) in [7, 11) is 0. The standard InChI is InChI=1S/C18H16N4O.2ClH/c19-17(20)13-5-1-3-11(9-13)15-7-8-16(23-15)12-4-2-6-14(10-12)18(21)22;;/h1-10H,(H3,19,20)(H3,21,22);2*1H. The first-order valence-electron chi connectivity index (χ1n) is 7.04. The largest absolute Gasteiger partial charge is 0.456 e. The van der Waals surface area contributed by atoms with E-state index in [1.165, 1.54) is 0 Å². The third-order valence-corrected chi connectivity index (χ3v) is 3.52. The van der Waals surface area contributed by atoms with Gasteiger partial charge in [0.15, 0.2) is 0 Å². The SMILES string of the molecule is Cl.Cl.N=C(N)c1cccc(-c2ccc(-c3cccc(C(=N)N)c3)o2)c1. The lowest BCUT2D eigenvalue weighted by atomic mass is 10.1. The molecular weight excluding hydrogens is 359 g/mol. The fourth-order valence-electron chi connectivity index (χ4n) is 2.33. The highest BCUT2D eigenvalue weighted by molar-refractivity contribution is 5.96. The highest BCUT2D eigenvalue weighted by Gasteiger charge is 2.09. The lowest BCUT2D eigenvalue weighted by Gasteiger charge is -2.03. The van der Waals surface area contributed by atoms with Gasteiger partial charge in [-0.05, 0) is 24.3 Å². The summed E-state index contributed by atoms with van der Waals surface area (Å²) in [5.41, 5.74) is 14.1. The minimum Gasteiger partial charge on any atom is -0.456 e. The first kappa shape index (κ1) is 20.3. The van der Waals surface area contributed by atoms with Gasteiger partial charge in [-0.25, -0.2) is 0 Å². The fraction of sp³-hybridized carbons (Fsp3) is 0. The zero-order chi connectivity index (χ0) is 16.4. The van der Waals surface area contributed by atoms with Crippen molar-refractivity contribution < 1.29 is 4.42 Å². The van der Waals surface area contributed by atoms with E-state index in [2.05, 4.69) is 0 Å². The van der Waals surface area contributed by atoms with Gasteiger partial charge in [-0.2, -0.15) is 0 Å². The maximum atomic E-state index is 7.51. The van der Waals surface area contributed by atoms with E-state index >= 15 is 0 Å². The number of nitrogens with two attached hydrogens (primary N) is 2. The number of furan rings is 1. The molecule has 0 fully saturated rings. The van der Waals surface area contributed by atoms with E-state index in [0.717, 1.165) is 11.1 Å². The van der Waals surface area contributed by atoms with Crippen molar-refractivity contribution in [1.29, 1.82) is 10.8 Å². The monoisotopic (exact) mass is 376 g/mol. The molecule has 3 rings (SSSR count). The molecule has 7 heteroatoms. The predicted molar refractivity (Wildman–Crippen MR) is 106 cm³/mol. The van der Waals surface area contributed by atoms with E-state index in [0.29, 0.717) is 22.6 Å². The molecule has 130 valence electrons. The highest BCUT2D eigenvalue weighted by Crippen LogP contribution is 2.29. The molecule has 1 aromatic heterocycles. The molecule has 6 N–H and O–H groups in total. The molecule has 0 spiro atoms. The molecule has 0 aliphatic heterocycles. The van der Waals surface area contributed by atoms with E-state index in [1.54, 1.807) is 12.1 Å². The molecule has 0 bridgehead atoms. The van der Waals surface area contributed by atoms with Crippen molar-refractivity contribution in [2.24, 2.45) is 11.5 Å². The summed E-state index contributed by atoms with van der Waals surface area (Å²) in [6, 6.07) is 18.4. The van der Waals surface area contributed by atoms with E-state index in [9.17, 15) is 0 Å². The van der Waals surface area contributed by atoms with Crippen LogP contribution in [0.25, 0.3) is 22.6 Å². The number of rotatable bonds is 4. The van der Waals surface area contributed by atoms with Crippen LogP contribution in [0.4, 0.5) is 0 Å². The number of halogens is 2. The number of benzene rings is 2. The molecule has 3 aromatic rings. The smallest absolute Gasteiger partial charge is 0.134 e. The topological polar surface area (TPSA) is 113 Å². The average molecular weight is 377 g/mol. The van der Waals surface area contributed by atoms with Crippen molar-refractivity contribution in [3.05, 3.63) is 71.8 Å². The van der Waals surface area contributed by atoms with E-state index in [-0.39, 0.29) is 36.5 Å². The van der Waals surface area contributed by atoms with Gasteiger partial charge in [-0.15, -0.1) is 24.8 Å². The molecule has 0 aliphatic carbocycles. The van der Waals surface area contributed by atoms with Crippen LogP contribution in [-0.4, -0.2) is 11.7 Å². The number of amidine groups is 2. The second kappa shape index (κ2) is 8.37. The van der Waals surface area contributed by atoms with Crippen LogP contribution >= 0.6 is 24.8 Å². The summed E-state index contributed by atoms with van der Waals surface area (Å²) in [4.78, 5) is 0. The molecule has 0 radical (unpaired) electrons. The molecule has 25 heavy (non-hydrogen) atoms. The summed E-state index contributed by atoms with van der Waals surface area (Å²) < 4.78 is 5.90. The van der Waals surface area contributed by atoms with Gasteiger partial charge in [0.1, 0.15) is 23.2 Å². The Kier molecular flexibility index (Phi) is 6.79. The second-order valence-corrected chi connectivity index (χ2v) is 5.15. The molecule has 0 amide bonds. The Morgan fingerprint density at radius 3 is 1.44 bits per heavy atom. The van der Waals surface area contributed by atoms with E-state index in [1.807, 2.05) is 48.5 Å². The quantitative estimate of drug-likeness (QED) is 0.407. The van der Waals surface area contributed by atoms with Gasteiger partial charge in [-0.3, -0.25) is 10.8 Å². The summed E-state index contributed by atoms with van der Waals surface area (Å²) in [6.07, 6.45) is 0. The zero-order valence-corrected chi connectivity index (χ0v) is 14.8. The van der Waals surface area contributed by atoms with Gasteiger partial charge < -0.3 is 15.9 Å². The van der Waals surface area contributed by atoms with Crippen LogP contribution < -0.4 is 11.5 Å². The van der Waals surface area contributed by atoms with Crippen molar-refractivity contribution in [1.82, 2.24) is 0 Å². The summed E-state index contributed by atoms with van der Waals surface area (Å²) in [6.45, 7) is 0. The van der Waals surface area contributed by atoms with Crippen molar-refractivity contribution in [2.45, 2.75) is 0 Å². The van der Waals surface area contributed by atoms with Crippen molar-refractivity contribution in [3.8, 4) is 22.6 Å². The second-order valence-electron chi connectivity index (χ2n) is 5.15. The highest BCUT2D eigenvalue weighted by atomic mass is 35.5. The third-order valence-electron chi connectivity index (χ3n) is 3.52. The molecule has 2 aromatic carbocycles. The van der Waals surface area contributed by atoms with Gasteiger partial charge in [0.25, 0.3) is 0 Å². The van der Waals surface area contributed by atoms with Crippen molar-refractivity contribution in [3.63, 3.8) is 0 Å². The molecule has 0 saturated carbocycles. The molecular formula is C18H18Cl2N4O. The van der Waals surface area contributed by atoms with Crippen LogP contribution in [0.3, 0.4) is 0 Å². The first-order chi connectivity index (χ1) is 11.0. The molecule has 5 nitrogen and oxygen atoms in total. The van der Waals surface area contributed by atoms with Crippen LogP contribution in [-0.2, 0) is 0 Å². The molecule has 0 atom stereocenters. The Labute approximate surface area is 157 Å². The van der Waals surface area contributed by atoms with Crippen molar-refractivity contribution in [2.75, 3.05) is 0 Å². The van der Waals surface area contributed by atoms with E-state index < -0.39 is 0 Å². The Morgan fingerprint density at radius 1 is 0.680 bits per heavy atom. The predicted octanol–water partition coefficient (Wildman–Crippen LogP) is 4.03.